The molecule has 0 aliphatic carbocycles. The van der Waals surface area contributed by atoms with E-state index in [1.165, 1.54) is 0 Å². The van der Waals surface area contributed by atoms with E-state index in [1.54, 1.807) is 24.3 Å². The van der Waals surface area contributed by atoms with Gasteiger partial charge in [0.1, 0.15) is 11.5 Å². The molecule has 3 nitrogen and oxygen atoms in total. The summed E-state index contributed by atoms with van der Waals surface area (Å²) in [5, 5.41) is -0.642. The topological polar surface area (TPSA) is 43.4 Å². The maximum Gasteiger partial charge on any atom is 0.310 e. The predicted molar refractivity (Wildman–Crippen MR) is 66.0 cm³/mol. The van der Waals surface area contributed by atoms with Gasteiger partial charge in [0.15, 0.2) is 0 Å². The molecule has 0 radical (unpaired) electrons. The summed E-state index contributed by atoms with van der Waals surface area (Å²) in [5.41, 5.74) is 1.03. The monoisotopic (exact) mass is 282 g/mol. The van der Waals surface area contributed by atoms with Gasteiger partial charge in [-0.1, -0.05) is 17.7 Å². The second-order valence-corrected chi connectivity index (χ2v) is 5.91. The summed E-state index contributed by atoms with van der Waals surface area (Å²) in [6.45, 7) is 1.90. The van der Waals surface area contributed by atoms with Gasteiger partial charge in [-0.05, 0) is 19.1 Å². The van der Waals surface area contributed by atoms with Gasteiger partial charge in [-0.2, -0.15) is 8.42 Å². The average molecular weight is 283 g/mol. The van der Waals surface area contributed by atoms with Crippen LogP contribution in [0.25, 0.3) is 0 Å². The lowest BCUT2D eigenvalue weighted by atomic mass is 10.2. The minimum atomic E-state index is -3.68. The lowest BCUT2D eigenvalue weighted by Crippen LogP contribution is -2.22. The summed E-state index contributed by atoms with van der Waals surface area (Å²) in [7, 11) is -3.68. The smallest absolute Gasteiger partial charge is 0.310 e. The van der Waals surface area contributed by atoms with Gasteiger partial charge in [-0.3, -0.25) is 0 Å². The summed E-state index contributed by atoms with van der Waals surface area (Å²) < 4.78 is 27.8. The van der Waals surface area contributed by atoms with Crippen molar-refractivity contribution < 1.29 is 12.6 Å². The molecule has 1 rings (SSSR count). The molecule has 0 amide bonds. The molecule has 0 aliphatic rings. The summed E-state index contributed by atoms with van der Waals surface area (Å²) in [5.74, 6) is 0.0494. The zero-order valence-electron chi connectivity index (χ0n) is 8.69. The third-order valence-electron chi connectivity index (χ3n) is 1.80. The molecule has 1 unspecified atom stereocenters. The first-order valence-corrected chi connectivity index (χ1v) is 7.16. The Labute approximate surface area is 105 Å². The third-order valence-corrected chi connectivity index (χ3v) is 4.08. The van der Waals surface area contributed by atoms with Crippen molar-refractivity contribution in [2.24, 2.45) is 0 Å². The van der Waals surface area contributed by atoms with E-state index in [2.05, 4.69) is 0 Å². The summed E-state index contributed by atoms with van der Waals surface area (Å²) in [4.78, 5) is 0. The molecule has 0 bridgehead atoms. The highest BCUT2D eigenvalue weighted by Crippen LogP contribution is 2.15. The van der Waals surface area contributed by atoms with Gasteiger partial charge < -0.3 is 4.18 Å². The van der Waals surface area contributed by atoms with Gasteiger partial charge >= 0.3 is 10.1 Å². The quantitative estimate of drug-likeness (QED) is 0.616. The van der Waals surface area contributed by atoms with Gasteiger partial charge in [0.05, 0.1) is 5.38 Å². The van der Waals surface area contributed by atoms with Gasteiger partial charge in [0.25, 0.3) is 0 Å². The van der Waals surface area contributed by atoms with Crippen LogP contribution in [0.5, 0.6) is 5.75 Å². The van der Waals surface area contributed by atoms with E-state index < -0.39 is 15.5 Å². The van der Waals surface area contributed by atoms with Crippen LogP contribution in [0.4, 0.5) is 0 Å². The molecule has 0 saturated heterocycles. The molecule has 6 heteroatoms. The Kier molecular flexibility index (Phi) is 4.89. The fourth-order valence-corrected chi connectivity index (χ4v) is 2.78. The Morgan fingerprint density at radius 2 is 1.88 bits per heavy atom. The molecule has 0 aromatic heterocycles. The largest absolute Gasteiger partial charge is 0.382 e. The predicted octanol–water partition coefficient (Wildman–Crippen LogP) is 2.55. The van der Waals surface area contributed by atoms with Crippen molar-refractivity contribution in [1.82, 2.24) is 0 Å². The number of hydrogen-bond donors (Lipinski definition) is 0. The molecule has 1 aromatic rings. The van der Waals surface area contributed by atoms with Gasteiger partial charge in [-0.15, -0.1) is 23.2 Å². The van der Waals surface area contributed by atoms with Crippen LogP contribution in [0, 0.1) is 6.92 Å². The van der Waals surface area contributed by atoms with E-state index in [1.807, 2.05) is 6.92 Å². The van der Waals surface area contributed by atoms with Crippen LogP contribution in [-0.4, -0.2) is 25.4 Å². The van der Waals surface area contributed by atoms with Crippen molar-refractivity contribution in [2.45, 2.75) is 12.3 Å². The van der Waals surface area contributed by atoms with E-state index >= 15 is 0 Å². The number of aryl methyl sites for hydroxylation is 1. The first kappa shape index (κ1) is 13.6. The molecule has 0 saturated carbocycles. The lowest BCUT2D eigenvalue weighted by Gasteiger charge is -2.08. The van der Waals surface area contributed by atoms with Crippen LogP contribution in [0.3, 0.4) is 0 Å². The molecule has 0 heterocycles. The van der Waals surface area contributed by atoms with Crippen molar-refractivity contribution >= 4 is 33.3 Å². The summed E-state index contributed by atoms with van der Waals surface area (Å²) >= 11 is 11.1. The minimum absolute atomic E-state index is 0.0675. The molecule has 0 fully saturated rings. The van der Waals surface area contributed by atoms with Crippen molar-refractivity contribution in [1.29, 1.82) is 0 Å². The molecular weight excluding hydrogens is 271 g/mol. The Hall–Kier alpha value is -0.450. The van der Waals surface area contributed by atoms with E-state index in [0.717, 1.165) is 5.56 Å². The molecule has 0 spiro atoms. The number of hydrogen-bond acceptors (Lipinski definition) is 3. The molecule has 1 atom stereocenters. The number of alkyl halides is 2. The second-order valence-electron chi connectivity index (χ2n) is 3.37. The molecule has 0 aliphatic heterocycles. The average Bonchev–Trinajstić information content (AvgIpc) is 2.20. The first-order chi connectivity index (χ1) is 7.43. The fourth-order valence-electron chi connectivity index (χ4n) is 1.04. The Morgan fingerprint density at radius 3 is 2.38 bits per heavy atom. The highest BCUT2D eigenvalue weighted by molar-refractivity contribution is 7.87. The van der Waals surface area contributed by atoms with E-state index in [9.17, 15) is 8.42 Å². The first-order valence-electron chi connectivity index (χ1n) is 4.62. The lowest BCUT2D eigenvalue weighted by molar-refractivity contribution is 0.485. The third kappa shape index (κ3) is 4.60. The van der Waals surface area contributed by atoms with Gasteiger partial charge in [0.2, 0.25) is 0 Å². The number of benzene rings is 1. The van der Waals surface area contributed by atoms with Crippen LogP contribution in [0.1, 0.15) is 5.56 Å². The summed E-state index contributed by atoms with van der Waals surface area (Å²) in [6, 6.07) is 6.72. The Bertz CT molecular complexity index is 428. The minimum Gasteiger partial charge on any atom is -0.382 e. The number of rotatable bonds is 5. The van der Waals surface area contributed by atoms with Crippen molar-refractivity contribution in [3.8, 4) is 5.75 Å². The van der Waals surface area contributed by atoms with E-state index in [4.69, 9.17) is 27.4 Å². The normalized spacial score (nSPS) is 13.4. The van der Waals surface area contributed by atoms with Gasteiger partial charge in [-0.25, -0.2) is 0 Å². The van der Waals surface area contributed by atoms with Crippen LogP contribution < -0.4 is 4.18 Å². The van der Waals surface area contributed by atoms with E-state index in [-0.39, 0.29) is 17.4 Å². The van der Waals surface area contributed by atoms with Crippen LogP contribution in [0.2, 0.25) is 0 Å². The zero-order valence-corrected chi connectivity index (χ0v) is 11.0. The standard InChI is InChI=1S/C10H12Cl2O3S/c1-8-2-4-10(5-3-8)15-16(13,14)7-9(12)6-11/h2-5,9H,6-7H2,1H3. The van der Waals surface area contributed by atoms with Crippen molar-refractivity contribution in [2.75, 3.05) is 11.6 Å². The molecule has 0 N–H and O–H groups in total. The Morgan fingerprint density at radius 1 is 1.31 bits per heavy atom. The Balaban J connectivity index is 2.69. The van der Waals surface area contributed by atoms with Crippen molar-refractivity contribution in [3.63, 3.8) is 0 Å². The SMILES string of the molecule is Cc1ccc(OS(=O)(=O)CC(Cl)CCl)cc1. The molecule has 16 heavy (non-hydrogen) atoms. The molecule has 1 aromatic carbocycles. The highest BCUT2D eigenvalue weighted by Gasteiger charge is 2.18. The van der Waals surface area contributed by atoms with Crippen LogP contribution >= 0.6 is 23.2 Å². The van der Waals surface area contributed by atoms with Crippen molar-refractivity contribution in [3.05, 3.63) is 29.8 Å². The second kappa shape index (κ2) is 5.75. The maximum absolute atomic E-state index is 11.5. The maximum atomic E-state index is 11.5. The fraction of sp³-hybridized carbons (Fsp3) is 0.400. The highest BCUT2D eigenvalue weighted by atomic mass is 35.5. The van der Waals surface area contributed by atoms with Gasteiger partial charge in [0, 0.05) is 5.88 Å². The summed E-state index contributed by atoms with van der Waals surface area (Å²) in [6.07, 6.45) is 0. The van der Waals surface area contributed by atoms with Crippen LogP contribution in [0.15, 0.2) is 24.3 Å². The molecule has 90 valence electrons. The number of halogens is 2. The molecular formula is C10H12Cl2O3S. The zero-order chi connectivity index (χ0) is 12.2. The van der Waals surface area contributed by atoms with Crippen LogP contribution in [-0.2, 0) is 10.1 Å². The van der Waals surface area contributed by atoms with E-state index in [0.29, 0.717) is 0 Å².